The standard InChI is InChI=1S/C23H24N2O3/c1-3-14-28-22-13-10-18-6-4-5-7-20(18)21(22)16-24-25-23(26)15-17-8-11-19(27-2)12-9-17/h4-13,16H,3,14-15H2,1-2H3,(H,25,26)/b24-16-. The Morgan fingerprint density at radius 3 is 2.61 bits per heavy atom. The monoisotopic (exact) mass is 376 g/mol. The van der Waals surface area contributed by atoms with Crippen LogP contribution in [0.5, 0.6) is 11.5 Å². The lowest BCUT2D eigenvalue weighted by atomic mass is 10.0. The number of methoxy groups -OCH3 is 1. The van der Waals surface area contributed by atoms with Crippen molar-refractivity contribution < 1.29 is 14.3 Å². The van der Waals surface area contributed by atoms with Crippen LogP contribution in [-0.4, -0.2) is 25.8 Å². The Morgan fingerprint density at radius 2 is 1.86 bits per heavy atom. The van der Waals surface area contributed by atoms with E-state index >= 15 is 0 Å². The molecule has 0 aliphatic carbocycles. The smallest absolute Gasteiger partial charge is 0.244 e. The summed E-state index contributed by atoms with van der Waals surface area (Å²) in [5.41, 5.74) is 4.35. The normalized spacial score (nSPS) is 10.9. The van der Waals surface area contributed by atoms with Gasteiger partial charge in [0.15, 0.2) is 0 Å². The fraction of sp³-hybridized carbons (Fsp3) is 0.217. The highest BCUT2D eigenvalue weighted by Gasteiger charge is 2.08. The van der Waals surface area contributed by atoms with Gasteiger partial charge in [-0.15, -0.1) is 0 Å². The van der Waals surface area contributed by atoms with Gasteiger partial charge in [-0.1, -0.05) is 49.4 Å². The summed E-state index contributed by atoms with van der Waals surface area (Å²) < 4.78 is 11.0. The molecule has 144 valence electrons. The minimum absolute atomic E-state index is 0.183. The van der Waals surface area contributed by atoms with Gasteiger partial charge >= 0.3 is 0 Å². The van der Waals surface area contributed by atoms with Crippen molar-refractivity contribution in [2.24, 2.45) is 5.10 Å². The van der Waals surface area contributed by atoms with Crippen LogP contribution in [0.4, 0.5) is 0 Å². The van der Waals surface area contributed by atoms with Crippen LogP contribution in [0.3, 0.4) is 0 Å². The molecule has 0 saturated carbocycles. The molecule has 5 nitrogen and oxygen atoms in total. The first-order valence-corrected chi connectivity index (χ1v) is 9.30. The second-order valence-electron chi connectivity index (χ2n) is 6.37. The van der Waals surface area contributed by atoms with E-state index in [9.17, 15) is 4.79 Å². The van der Waals surface area contributed by atoms with Gasteiger partial charge in [0.2, 0.25) is 5.91 Å². The fourth-order valence-electron chi connectivity index (χ4n) is 2.88. The van der Waals surface area contributed by atoms with Crippen molar-refractivity contribution in [3.63, 3.8) is 0 Å². The molecule has 1 N–H and O–H groups in total. The average molecular weight is 376 g/mol. The number of rotatable bonds is 8. The predicted octanol–water partition coefficient (Wildman–Crippen LogP) is 4.33. The number of ether oxygens (including phenoxy) is 2. The van der Waals surface area contributed by atoms with E-state index in [1.165, 1.54) is 0 Å². The summed E-state index contributed by atoms with van der Waals surface area (Å²) in [5.74, 6) is 1.34. The lowest BCUT2D eigenvalue weighted by Crippen LogP contribution is -2.19. The van der Waals surface area contributed by atoms with E-state index in [0.29, 0.717) is 6.61 Å². The summed E-state index contributed by atoms with van der Waals surface area (Å²) in [6.07, 6.45) is 2.82. The maximum atomic E-state index is 12.2. The van der Waals surface area contributed by atoms with Crippen molar-refractivity contribution in [3.05, 3.63) is 71.8 Å². The summed E-state index contributed by atoms with van der Waals surface area (Å²) in [7, 11) is 1.61. The lowest BCUT2D eigenvalue weighted by molar-refractivity contribution is -0.120. The SMILES string of the molecule is CCCOc1ccc2ccccc2c1/C=N\NC(=O)Cc1ccc(OC)cc1. The number of nitrogens with zero attached hydrogens (tertiary/aromatic N) is 1. The Hall–Kier alpha value is -3.34. The highest BCUT2D eigenvalue weighted by atomic mass is 16.5. The van der Waals surface area contributed by atoms with E-state index in [-0.39, 0.29) is 12.3 Å². The summed E-state index contributed by atoms with van der Waals surface area (Å²) in [4.78, 5) is 12.2. The molecule has 28 heavy (non-hydrogen) atoms. The van der Waals surface area contributed by atoms with E-state index in [2.05, 4.69) is 17.5 Å². The molecule has 0 fully saturated rings. The first-order chi connectivity index (χ1) is 13.7. The van der Waals surface area contributed by atoms with Gasteiger partial charge in [-0.2, -0.15) is 5.10 Å². The Kier molecular flexibility index (Phi) is 6.63. The van der Waals surface area contributed by atoms with Crippen LogP contribution in [0.25, 0.3) is 10.8 Å². The molecule has 5 heteroatoms. The summed E-state index contributed by atoms with van der Waals surface area (Å²) in [6.45, 7) is 2.69. The zero-order chi connectivity index (χ0) is 19.8. The zero-order valence-electron chi connectivity index (χ0n) is 16.1. The van der Waals surface area contributed by atoms with E-state index in [1.54, 1.807) is 13.3 Å². The highest BCUT2D eigenvalue weighted by molar-refractivity contribution is 6.02. The Morgan fingerprint density at radius 1 is 1.07 bits per heavy atom. The number of carbonyl (C=O) groups excluding carboxylic acids is 1. The lowest BCUT2D eigenvalue weighted by Gasteiger charge is -2.11. The number of fused-ring (bicyclic) bond motifs is 1. The Bertz CT molecular complexity index is 965. The van der Waals surface area contributed by atoms with Crippen molar-refractivity contribution in [1.29, 1.82) is 0 Å². The van der Waals surface area contributed by atoms with Crippen molar-refractivity contribution in [2.75, 3.05) is 13.7 Å². The zero-order valence-corrected chi connectivity index (χ0v) is 16.1. The second kappa shape index (κ2) is 9.55. The molecule has 3 aromatic rings. The minimum Gasteiger partial charge on any atom is -0.497 e. The van der Waals surface area contributed by atoms with Crippen LogP contribution < -0.4 is 14.9 Å². The van der Waals surface area contributed by atoms with Crippen LogP contribution >= 0.6 is 0 Å². The molecular formula is C23H24N2O3. The van der Waals surface area contributed by atoms with Gasteiger partial charge in [-0.25, -0.2) is 5.43 Å². The minimum atomic E-state index is -0.183. The molecule has 1 amide bonds. The summed E-state index contributed by atoms with van der Waals surface area (Å²) >= 11 is 0. The molecule has 0 aliphatic rings. The first-order valence-electron chi connectivity index (χ1n) is 9.30. The summed E-state index contributed by atoms with van der Waals surface area (Å²) in [6, 6.07) is 19.4. The number of nitrogens with one attached hydrogen (secondary N) is 1. The molecule has 3 rings (SSSR count). The third kappa shape index (κ3) is 4.88. The van der Waals surface area contributed by atoms with Gasteiger partial charge in [0.1, 0.15) is 11.5 Å². The maximum absolute atomic E-state index is 12.2. The van der Waals surface area contributed by atoms with Crippen LogP contribution in [0, 0.1) is 0 Å². The molecule has 3 aromatic carbocycles. The molecular weight excluding hydrogens is 352 g/mol. The number of benzene rings is 3. The number of hydrogen-bond donors (Lipinski definition) is 1. The van der Waals surface area contributed by atoms with Crippen LogP contribution in [-0.2, 0) is 11.2 Å². The van der Waals surface area contributed by atoms with Crippen molar-refractivity contribution >= 4 is 22.9 Å². The molecule has 0 unspecified atom stereocenters. The fourth-order valence-corrected chi connectivity index (χ4v) is 2.88. The first kappa shape index (κ1) is 19.4. The number of amides is 1. The molecule has 0 spiro atoms. The second-order valence-corrected chi connectivity index (χ2v) is 6.37. The average Bonchev–Trinajstić information content (AvgIpc) is 2.73. The Labute approximate surface area is 165 Å². The third-order valence-corrected chi connectivity index (χ3v) is 4.30. The number of hydrazone groups is 1. The van der Waals surface area contributed by atoms with E-state index in [4.69, 9.17) is 9.47 Å². The van der Waals surface area contributed by atoms with Gasteiger partial charge in [0, 0.05) is 5.56 Å². The van der Waals surface area contributed by atoms with E-state index in [1.807, 2.05) is 60.7 Å². The van der Waals surface area contributed by atoms with Gasteiger partial charge in [0.05, 0.1) is 26.4 Å². The number of carbonyl (C=O) groups is 1. The van der Waals surface area contributed by atoms with Crippen molar-refractivity contribution in [2.45, 2.75) is 19.8 Å². The number of hydrogen-bond acceptors (Lipinski definition) is 4. The molecule has 0 heterocycles. The van der Waals surface area contributed by atoms with Crippen LogP contribution in [0.2, 0.25) is 0 Å². The summed E-state index contributed by atoms with van der Waals surface area (Å²) in [5, 5.41) is 6.29. The maximum Gasteiger partial charge on any atom is 0.244 e. The third-order valence-electron chi connectivity index (χ3n) is 4.30. The van der Waals surface area contributed by atoms with Crippen molar-refractivity contribution in [1.82, 2.24) is 5.43 Å². The topological polar surface area (TPSA) is 59.9 Å². The highest BCUT2D eigenvalue weighted by Crippen LogP contribution is 2.26. The molecule has 0 radical (unpaired) electrons. The van der Waals surface area contributed by atoms with Crippen LogP contribution in [0.1, 0.15) is 24.5 Å². The van der Waals surface area contributed by atoms with Gasteiger partial charge in [-0.05, 0) is 41.0 Å². The van der Waals surface area contributed by atoms with Gasteiger partial charge in [0.25, 0.3) is 0 Å². The van der Waals surface area contributed by atoms with Crippen molar-refractivity contribution in [3.8, 4) is 11.5 Å². The quantitative estimate of drug-likeness (QED) is 0.470. The molecule has 0 aromatic heterocycles. The predicted molar refractivity (Wildman–Crippen MR) is 112 cm³/mol. The van der Waals surface area contributed by atoms with E-state index < -0.39 is 0 Å². The molecule has 0 aliphatic heterocycles. The largest absolute Gasteiger partial charge is 0.497 e. The molecule has 0 bridgehead atoms. The van der Waals surface area contributed by atoms with Crippen LogP contribution in [0.15, 0.2) is 65.8 Å². The van der Waals surface area contributed by atoms with E-state index in [0.717, 1.165) is 39.8 Å². The van der Waals surface area contributed by atoms with Gasteiger partial charge < -0.3 is 9.47 Å². The van der Waals surface area contributed by atoms with Gasteiger partial charge in [-0.3, -0.25) is 4.79 Å². The molecule has 0 saturated heterocycles. The Balaban J connectivity index is 1.73. The molecule has 0 atom stereocenters.